The highest BCUT2D eigenvalue weighted by molar-refractivity contribution is 5.83. The first-order valence-electron chi connectivity index (χ1n) is 8.17. The van der Waals surface area contributed by atoms with Crippen molar-refractivity contribution in [3.63, 3.8) is 0 Å². The fourth-order valence-corrected chi connectivity index (χ4v) is 2.83. The zero-order chi connectivity index (χ0) is 17.0. The topological polar surface area (TPSA) is 40.6 Å². The lowest BCUT2D eigenvalue weighted by atomic mass is 9.95. The van der Waals surface area contributed by atoms with E-state index in [0.717, 1.165) is 5.56 Å². The molecule has 0 saturated carbocycles. The second kappa shape index (κ2) is 7.57. The normalized spacial score (nSPS) is 18.4. The quantitative estimate of drug-likeness (QED) is 0.836. The van der Waals surface area contributed by atoms with E-state index in [1.807, 2.05) is 19.9 Å². The van der Waals surface area contributed by atoms with Gasteiger partial charge in [0.2, 0.25) is 11.8 Å². The third-order valence-corrected chi connectivity index (χ3v) is 4.53. The molecule has 0 N–H and O–H groups in total. The summed E-state index contributed by atoms with van der Waals surface area (Å²) in [4.78, 5) is 28.0. The van der Waals surface area contributed by atoms with Crippen LogP contribution in [0.4, 0.5) is 4.39 Å². The number of carbonyl (C=O) groups excluding carboxylic acids is 2. The Morgan fingerprint density at radius 1 is 1.43 bits per heavy atom. The van der Waals surface area contributed by atoms with Crippen LogP contribution in [0.2, 0.25) is 0 Å². The van der Waals surface area contributed by atoms with Crippen LogP contribution in [0.15, 0.2) is 24.3 Å². The molecule has 5 heteroatoms. The number of rotatable bonds is 5. The van der Waals surface area contributed by atoms with Gasteiger partial charge >= 0.3 is 0 Å². The maximum Gasteiger partial charge on any atom is 0.227 e. The van der Waals surface area contributed by atoms with E-state index in [4.69, 9.17) is 0 Å². The lowest BCUT2D eigenvalue weighted by molar-refractivity contribution is -0.143. The molecule has 1 aromatic carbocycles. The van der Waals surface area contributed by atoms with Gasteiger partial charge in [0.15, 0.2) is 0 Å². The number of hydrogen-bond donors (Lipinski definition) is 0. The Morgan fingerprint density at radius 3 is 2.83 bits per heavy atom. The Kier molecular flexibility index (Phi) is 5.74. The van der Waals surface area contributed by atoms with Gasteiger partial charge in [-0.05, 0) is 44.4 Å². The van der Waals surface area contributed by atoms with Gasteiger partial charge in [0.25, 0.3) is 0 Å². The standard InChI is InChI=1S/C18H25FN2O2/c1-13(2)20(3)18(23)15-7-8-17(22)21(12-15)10-9-14-5-4-6-16(19)11-14/h4-6,11,13,15H,7-10,12H2,1-3H3/t15-/m1/s1. The number of halogens is 1. The molecule has 0 aromatic heterocycles. The van der Waals surface area contributed by atoms with Crippen molar-refractivity contribution in [2.75, 3.05) is 20.1 Å². The minimum atomic E-state index is -0.265. The third-order valence-electron chi connectivity index (χ3n) is 4.53. The Bertz CT molecular complexity index is 574. The van der Waals surface area contributed by atoms with Crippen molar-refractivity contribution in [3.8, 4) is 0 Å². The smallest absolute Gasteiger partial charge is 0.227 e. The van der Waals surface area contributed by atoms with Gasteiger partial charge in [-0.25, -0.2) is 4.39 Å². The second-order valence-electron chi connectivity index (χ2n) is 6.50. The predicted octanol–water partition coefficient (Wildman–Crippen LogP) is 2.47. The van der Waals surface area contributed by atoms with E-state index < -0.39 is 0 Å². The van der Waals surface area contributed by atoms with Crippen LogP contribution in [-0.2, 0) is 16.0 Å². The van der Waals surface area contributed by atoms with Crippen LogP contribution in [0.1, 0.15) is 32.3 Å². The van der Waals surface area contributed by atoms with E-state index in [1.165, 1.54) is 12.1 Å². The first-order chi connectivity index (χ1) is 10.9. The number of benzene rings is 1. The van der Waals surface area contributed by atoms with Crippen molar-refractivity contribution in [2.24, 2.45) is 5.92 Å². The van der Waals surface area contributed by atoms with Crippen molar-refractivity contribution in [2.45, 2.75) is 39.2 Å². The average Bonchev–Trinajstić information content (AvgIpc) is 2.52. The highest BCUT2D eigenvalue weighted by Gasteiger charge is 2.32. The van der Waals surface area contributed by atoms with Gasteiger partial charge in [-0.1, -0.05) is 12.1 Å². The molecule has 1 atom stereocenters. The largest absolute Gasteiger partial charge is 0.343 e. The van der Waals surface area contributed by atoms with Gasteiger partial charge in [-0.15, -0.1) is 0 Å². The van der Waals surface area contributed by atoms with Crippen LogP contribution >= 0.6 is 0 Å². The summed E-state index contributed by atoms with van der Waals surface area (Å²) in [6.07, 6.45) is 1.63. The van der Waals surface area contributed by atoms with Gasteiger partial charge in [0.05, 0.1) is 5.92 Å². The number of likely N-dealkylation sites (tertiary alicyclic amines) is 1. The molecule has 4 nitrogen and oxygen atoms in total. The number of carbonyl (C=O) groups is 2. The molecule has 126 valence electrons. The van der Waals surface area contributed by atoms with E-state index >= 15 is 0 Å². The highest BCUT2D eigenvalue weighted by atomic mass is 19.1. The van der Waals surface area contributed by atoms with Crippen molar-refractivity contribution >= 4 is 11.8 Å². The second-order valence-corrected chi connectivity index (χ2v) is 6.50. The number of nitrogens with zero attached hydrogens (tertiary/aromatic N) is 2. The van der Waals surface area contributed by atoms with Gasteiger partial charge < -0.3 is 9.80 Å². The fraction of sp³-hybridized carbons (Fsp3) is 0.556. The summed E-state index contributed by atoms with van der Waals surface area (Å²) in [5.41, 5.74) is 0.866. The molecule has 1 aromatic rings. The van der Waals surface area contributed by atoms with E-state index in [0.29, 0.717) is 32.4 Å². The molecule has 2 rings (SSSR count). The summed E-state index contributed by atoms with van der Waals surface area (Å²) in [6.45, 7) is 4.95. The van der Waals surface area contributed by atoms with E-state index in [9.17, 15) is 14.0 Å². The lowest BCUT2D eigenvalue weighted by Gasteiger charge is -2.35. The molecular weight excluding hydrogens is 295 g/mol. The molecule has 2 amide bonds. The van der Waals surface area contributed by atoms with E-state index in [2.05, 4.69) is 0 Å². The number of hydrogen-bond acceptors (Lipinski definition) is 2. The zero-order valence-electron chi connectivity index (χ0n) is 14.1. The Hall–Kier alpha value is -1.91. The number of piperidine rings is 1. The van der Waals surface area contributed by atoms with Crippen LogP contribution < -0.4 is 0 Å². The van der Waals surface area contributed by atoms with Crippen LogP contribution in [0.3, 0.4) is 0 Å². The van der Waals surface area contributed by atoms with Crippen molar-refractivity contribution in [3.05, 3.63) is 35.6 Å². The van der Waals surface area contributed by atoms with Crippen molar-refractivity contribution in [1.82, 2.24) is 9.80 Å². The summed E-state index contributed by atoms with van der Waals surface area (Å²) in [5.74, 6) is -0.215. The van der Waals surface area contributed by atoms with E-state index in [-0.39, 0.29) is 29.6 Å². The maximum absolute atomic E-state index is 13.2. The molecule has 1 heterocycles. The van der Waals surface area contributed by atoms with Crippen LogP contribution in [-0.4, -0.2) is 47.8 Å². The SMILES string of the molecule is CC(C)N(C)C(=O)[C@@H]1CCC(=O)N(CCc2cccc(F)c2)C1. The molecular formula is C18H25FN2O2. The summed E-state index contributed by atoms with van der Waals surface area (Å²) < 4.78 is 13.2. The number of amides is 2. The third kappa shape index (κ3) is 4.53. The first-order valence-corrected chi connectivity index (χ1v) is 8.17. The van der Waals surface area contributed by atoms with Gasteiger partial charge in [-0.3, -0.25) is 9.59 Å². The summed E-state index contributed by atoms with van der Waals surface area (Å²) in [6, 6.07) is 6.58. The average molecular weight is 320 g/mol. The molecule has 0 unspecified atom stereocenters. The molecule has 1 saturated heterocycles. The van der Waals surface area contributed by atoms with Crippen LogP contribution in [0, 0.1) is 11.7 Å². The van der Waals surface area contributed by atoms with Crippen LogP contribution in [0.25, 0.3) is 0 Å². The molecule has 0 aliphatic carbocycles. The van der Waals surface area contributed by atoms with Gasteiger partial charge in [0.1, 0.15) is 5.82 Å². The highest BCUT2D eigenvalue weighted by Crippen LogP contribution is 2.21. The molecule has 1 aliphatic rings. The summed E-state index contributed by atoms with van der Waals surface area (Å²) in [7, 11) is 1.81. The first kappa shape index (κ1) is 17.4. The summed E-state index contributed by atoms with van der Waals surface area (Å²) >= 11 is 0. The molecule has 23 heavy (non-hydrogen) atoms. The molecule has 0 radical (unpaired) electrons. The van der Waals surface area contributed by atoms with Gasteiger partial charge in [-0.2, -0.15) is 0 Å². The monoisotopic (exact) mass is 320 g/mol. The van der Waals surface area contributed by atoms with Crippen molar-refractivity contribution in [1.29, 1.82) is 0 Å². The van der Waals surface area contributed by atoms with Crippen LogP contribution in [0.5, 0.6) is 0 Å². The molecule has 1 fully saturated rings. The summed E-state index contributed by atoms with van der Waals surface area (Å²) in [5, 5.41) is 0. The Labute approximate surface area is 137 Å². The molecule has 0 bridgehead atoms. The Morgan fingerprint density at radius 2 is 2.17 bits per heavy atom. The molecule has 0 spiro atoms. The zero-order valence-corrected chi connectivity index (χ0v) is 14.1. The molecule has 1 aliphatic heterocycles. The van der Waals surface area contributed by atoms with Crippen molar-refractivity contribution < 1.29 is 14.0 Å². The maximum atomic E-state index is 13.2. The minimum Gasteiger partial charge on any atom is -0.343 e. The predicted molar refractivity (Wildman–Crippen MR) is 87.3 cm³/mol. The Balaban J connectivity index is 1.95. The lowest BCUT2D eigenvalue weighted by Crippen LogP contribution is -2.48. The minimum absolute atomic E-state index is 0.0812. The fourth-order valence-electron chi connectivity index (χ4n) is 2.83. The van der Waals surface area contributed by atoms with Gasteiger partial charge in [0, 0.05) is 32.6 Å². The van der Waals surface area contributed by atoms with E-state index in [1.54, 1.807) is 22.9 Å².